The van der Waals surface area contributed by atoms with Crippen molar-refractivity contribution in [1.82, 2.24) is 15.2 Å². The number of amides is 1. The van der Waals surface area contributed by atoms with Crippen LogP contribution in [0.1, 0.15) is 40.0 Å². The van der Waals surface area contributed by atoms with Gasteiger partial charge in [0.15, 0.2) is 5.72 Å². The van der Waals surface area contributed by atoms with E-state index < -0.39 is 5.72 Å². The molecule has 1 saturated heterocycles. The van der Waals surface area contributed by atoms with E-state index in [1.807, 2.05) is 31.3 Å². The van der Waals surface area contributed by atoms with Gasteiger partial charge in [-0.2, -0.15) is 0 Å². The minimum atomic E-state index is -0.602. The van der Waals surface area contributed by atoms with E-state index in [4.69, 9.17) is 9.47 Å². The van der Waals surface area contributed by atoms with Gasteiger partial charge in [-0.05, 0) is 26.0 Å². The first-order chi connectivity index (χ1) is 13.0. The second-order valence-electron chi connectivity index (χ2n) is 7.37. The Morgan fingerprint density at radius 3 is 2.74 bits per heavy atom. The van der Waals surface area contributed by atoms with Gasteiger partial charge in [-0.1, -0.05) is 12.1 Å². The van der Waals surface area contributed by atoms with Crippen LogP contribution in [0.2, 0.25) is 0 Å². The number of hydrogen-bond acceptors (Lipinski definition) is 5. The number of aromatic nitrogens is 1. The van der Waals surface area contributed by atoms with Crippen molar-refractivity contribution in [3.63, 3.8) is 0 Å². The van der Waals surface area contributed by atoms with Crippen molar-refractivity contribution in [3.8, 4) is 11.5 Å². The summed E-state index contributed by atoms with van der Waals surface area (Å²) in [6.07, 6.45) is 3.36. The first kappa shape index (κ1) is 17.8. The summed E-state index contributed by atoms with van der Waals surface area (Å²) in [5.41, 5.74) is 3.18. The number of aryl methyl sites for hydroxylation is 1. The summed E-state index contributed by atoms with van der Waals surface area (Å²) >= 11 is 0. The van der Waals surface area contributed by atoms with Gasteiger partial charge in [0.1, 0.15) is 11.5 Å². The number of methoxy groups -OCH3 is 1. The maximum absolute atomic E-state index is 12.4. The predicted octanol–water partition coefficient (Wildman–Crippen LogP) is 2.82. The van der Waals surface area contributed by atoms with Gasteiger partial charge >= 0.3 is 0 Å². The van der Waals surface area contributed by atoms with Crippen LogP contribution in [0.4, 0.5) is 0 Å². The molecule has 2 aromatic rings. The minimum Gasteiger partial charge on any atom is -0.496 e. The van der Waals surface area contributed by atoms with E-state index in [2.05, 4.69) is 22.1 Å². The molecule has 1 spiro atoms. The van der Waals surface area contributed by atoms with Crippen molar-refractivity contribution < 1.29 is 14.3 Å². The molecule has 1 aromatic heterocycles. The molecule has 1 amide bonds. The topological polar surface area (TPSA) is 63.7 Å². The van der Waals surface area contributed by atoms with Gasteiger partial charge in [0, 0.05) is 49.8 Å². The lowest BCUT2D eigenvalue weighted by molar-refractivity contribution is -0.0306. The first-order valence-corrected chi connectivity index (χ1v) is 9.33. The zero-order valence-corrected chi connectivity index (χ0v) is 16.0. The molecule has 0 radical (unpaired) electrons. The number of nitrogens with one attached hydrogen (secondary N) is 1. The molecule has 1 N–H and O–H groups in total. The molecule has 0 unspecified atom stereocenters. The summed E-state index contributed by atoms with van der Waals surface area (Å²) < 4.78 is 11.7. The van der Waals surface area contributed by atoms with E-state index in [0.29, 0.717) is 11.3 Å². The van der Waals surface area contributed by atoms with Crippen LogP contribution in [0.15, 0.2) is 30.5 Å². The second-order valence-corrected chi connectivity index (χ2v) is 7.37. The number of fused-ring (bicyclic) bond motifs is 1. The van der Waals surface area contributed by atoms with E-state index in [1.54, 1.807) is 13.2 Å². The number of piperidine rings is 1. The fourth-order valence-electron chi connectivity index (χ4n) is 4.00. The number of nitrogens with zero attached hydrogens (tertiary/aromatic N) is 2. The molecule has 6 nitrogen and oxygen atoms in total. The molecular formula is C21H25N3O3. The largest absolute Gasteiger partial charge is 0.496 e. The molecule has 4 rings (SSSR count). The summed E-state index contributed by atoms with van der Waals surface area (Å²) in [5.74, 6) is 1.54. The normalized spacial score (nSPS) is 18.6. The summed E-state index contributed by atoms with van der Waals surface area (Å²) in [6, 6.07) is 7.42. The number of para-hydroxylation sites is 1. The molecule has 1 fully saturated rings. The van der Waals surface area contributed by atoms with Gasteiger partial charge in [-0.3, -0.25) is 14.7 Å². The smallest absolute Gasteiger partial charge is 0.258 e. The van der Waals surface area contributed by atoms with Gasteiger partial charge in [-0.25, -0.2) is 0 Å². The number of hydrogen-bond donors (Lipinski definition) is 1. The molecular weight excluding hydrogens is 342 g/mol. The average Bonchev–Trinajstić information content (AvgIpc) is 2.66. The lowest BCUT2D eigenvalue weighted by Gasteiger charge is -2.44. The lowest BCUT2D eigenvalue weighted by atomic mass is 9.96. The van der Waals surface area contributed by atoms with E-state index in [9.17, 15) is 4.79 Å². The van der Waals surface area contributed by atoms with Crippen LogP contribution < -0.4 is 14.8 Å². The molecule has 2 aliphatic rings. The Hall–Kier alpha value is -2.60. The quantitative estimate of drug-likeness (QED) is 0.904. The van der Waals surface area contributed by atoms with E-state index in [1.165, 1.54) is 0 Å². The highest BCUT2D eigenvalue weighted by Crippen LogP contribution is 2.34. The van der Waals surface area contributed by atoms with E-state index in [-0.39, 0.29) is 5.91 Å². The number of likely N-dealkylation sites (tertiary alicyclic amines) is 1. The summed E-state index contributed by atoms with van der Waals surface area (Å²) in [5, 5.41) is 3.09. The highest BCUT2D eigenvalue weighted by molar-refractivity contribution is 5.98. The van der Waals surface area contributed by atoms with Crippen LogP contribution in [-0.2, 0) is 6.54 Å². The molecule has 0 saturated carbocycles. The van der Waals surface area contributed by atoms with Crippen LogP contribution in [0, 0.1) is 13.8 Å². The van der Waals surface area contributed by atoms with Crippen molar-refractivity contribution in [2.24, 2.45) is 0 Å². The molecule has 2 aliphatic heterocycles. The second kappa shape index (κ2) is 6.85. The third-order valence-corrected chi connectivity index (χ3v) is 5.57. The molecule has 6 heteroatoms. The SMILES string of the molecule is COc1c(C)cnc(CN2CCC3(CC2)NC(=O)c2ccccc2O3)c1C. The van der Waals surface area contributed by atoms with Gasteiger partial charge in [-0.15, -0.1) is 0 Å². The number of pyridine rings is 1. The van der Waals surface area contributed by atoms with E-state index in [0.717, 1.165) is 55.0 Å². The summed E-state index contributed by atoms with van der Waals surface area (Å²) in [7, 11) is 1.70. The number of rotatable bonds is 3. The Balaban J connectivity index is 1.45. The Morgan fingerprint density at radius 1 is 1.26 bits per heavy atom. The zero-order chi connectivity index (χ0) is 19.0. The number of ether oxygens (including phenoxy) is 2. The molecule has 0 bridgehead atoms. The molecule has 0 atom stereocenters. The highest BCUT2D eigenvalue weighted by atomic mass is 16.5. The monoisotopic (exact) mass is 367 g/mol. The molecule has 27 heavy (non-hydrogen) atoms. The van der Waals surface area contributed by atoms with Crippen LogP contribution in [-0.4, -0.2) is 41.7 Å². The first-order valence-electron chi connectivity index (χ1n) is 9.33. The van der Waals surface area contributed by atoms with Gasteiger partial charge in [0.2, 0.25) is 0 Å². The van der Waals surface area contributed by atoms with Crippen LogP contribution in [0.3, 0.4) is 0 Å². The molecule has 3 heterocycles. The standard InChI is InChI=1S/C21H25N3O3/c1-14-12-22-17(15(2)19(14)26-3)13-24-10-8-21(9-11-24)23-20(25)16-6-4-5-7-18(16)27-21/h4-7,12H,8-11,13H2,1-3H3,(H,23,25). The third kappa shape index (κ3) is 3.25. The van der Waals surface area contributed by atoms with Crippen LogP contribution in [0.5, 0.6) is 11.5 Å². The van der Waals surface area contributed by atoms with E-state index >= 15 is 0 Å². The summed E-state index contributed by atoms with van der Waals surface area (Å²) in [4.78, 5) is 19.4. The summed E-state index contributed by atoms with van der Waals surface area (Å²) in [6.45, 7) is 6.50. The van der Waals surface area contributed by atoms with Crippen molar-refractivity contribution in [3.05, 3.63) is 52.8 Å². The van der Waals surface area contributed by atoms with Gasteiger partial charge < -0.3 is 14.8 Å². The van der Waals surface area contributed by atoms with Gasteiger partial charge in [0.05, 0.1) is 18.4 Å². The van der Waals surface area contributed by atoms with Gasteiger partial charge in [0.25, 0.3) is 5.91 Å². The average molecular weight is 367 g/mol. The van der Waals surface area contributed by atoms with Crippen molar-refractivity contribution in [2.75, 3.05) is 20.2 Å². The number of carbonyl (C=O) groups is 1. The Kier molecular flexibility index (Phi) is 4.52. The minimum absolute atomic E-state index is 0.0499. The fraction of sp³-hybridized carbons (Fsp3) is 0.429. The predicted molar refractivity (Wildman–Crippen MR) is 102 cm³/mol. The maximum Gasteiger partial charge on any atom is 0.258 e. The molecule has 1 aromatic carbocycles. The lowest BCUT2D eigenvalue weighted by Crippen LogP contribution is -2.60. The number of benzene rings is 1. The van der Waals surface area contributed by atoms with Crippen LogP contribution in [0.25, 0.3) is 0 Å². The third-order valence-electron chi connectivity index (χ3n) is 5.57. The van der Waals surface area contributed by atoms with Crippen molar-refractivity contribution >= 4 is 5.91 Å². The Bertz CT molecular complexity index is 873. The van der Waals surface area contributed by atoms with Crippen molar-refractivity contribution in [1.29, 1.82) is 0 Å². The Labute approximate surface area is 159 Å². The maximum atomic E-state index is 12.4. The highest BCUT2D eigenvalue weighted by Gasteiger charge is 2.42. The van der Waals surface area contributed by atoms with Crippen molar-refractivity contribution in [2.45, 2.75) is 39.0 Å². The number of carbonyl (C=O) groups excluding carboxylic acids is 1. The molecule has 142 valence electrons. The fourth-order valence-corrected chi connectivity index (χ4v) is 4.00. The Morgan fingerprint density at radius 2 is 2.00 bits per heavy atom. The zero-order valence-electron chi connectivity index (χ0n) is 16.0. The van der Waals surface area contributed by atoms with Crippen LogP contribution >= 0.6 is 0 Å². The molecule has 0 aliphatic carbocycles.